The molecule has 0 bridgehead atoms. The summed E-state index contributed by atoms with van der Waals surface area (Å²) in [6, 6.07) is 8.73. The highest BCUT2D eigenvalue weighted by molar-refractivity contribution is 5.79. The molecule has 260 valence electrons. The Balaban J connectivity index is 1.30. The summed E-state index contributed by atoms with van der Waals surface area (Å²) in [5, 5.41) is 0. The maximum absolute atomic E-state index is 15.9. The standard InChI is InChI=1S/C35H36F4N4O6/c1-34(2,3)49-33(45)41-11-8-20-6-7-23(14-21(20)18-41)48-19-30(44)43-13-10-26-32(42-12-9-22(35(37,38)39)15-29(42)40-26)31(43)24-16-27(46-4)28(47-5)17-25(24)36/h6-7,9,12,14-17,31H,8,10-11,13,18-19H2,1-5H3. The first-order chi connectivity index (χ1) is 23.2. The lowest BCUT2D eigenvalue weighted by molar-refractivity contribution is -0.137. The number of pyridine rings is 1. The molecule has 49 heavy (non-hydrogen) atoms. The first-order valence-corrected chi connectivity index (χ1v) is 15.7. The van der Waals surface area contributed by atoms with E-state index in [4.69, 9.17) is 18.9 Å². The van der Waals surface area contributed by atoms with Crippen LogP contribution in [0.2, 0.25) is 0 Å². The highest BCUT2D eigenvalue weighted by Crippen LogP contribution is 2.41. The highest BCUT2D eigenvalue weighted by Gasteiger charge is 2.39. The molecule has 0 saturated carbocycles. The van der Waals surface area contributed by atoms with Gasteiger partial charge in [0, 0.05) is 43.9 Å². The topological polar surface area (TPSA) is 94.8 Å². The van der Waals surface area contributed by atoms with E-state index < -0.39 is 47.8 Å². The summed E-state index contributed by atoms with van der Waals surface area (Å²) in [5.74, 6) is -0.455. The number of alkyl halides is 3. The fraction of sp³-hybridized carbons (Fsp3) is 0.400. The van der Waals surface area contributed by atoms with Crippen LogP contribution in [0.1, 0.15) is 60.5 Å². The van der Waals surface area contributed by atoms with E-state index in [2.05, 4.69) is 4.98 Å². The fourth-order valence-electron chi connectivity index (χ4n) is 6.26. The Hall–Kier alpha value is -5.01. The second-order valence-corrected chi connectivity index (χ2v) is 12.9. The molecule has 2 amide bonds. The van der Waals surface area contributed by atoms with Crippen LogP contribution in [0.15, 0.2) is 48.7 Å². The minimum absolute atomic E-state index is 0.0192. The number of nitrogens with zero attached hydrogens (tertiary/aromatic N) is 4. The number of carbonyl (C=O) groups is 2. The number of fused-ring (bicyclic) bond motifs is 4. The van der Waals surface area contributed by atoms with E-state index in [9.17, 15) is 22.8 Å². The number of methoxy groups -OCH3 is 2. The number of benzene rings is 2. The summed E-state index contributed by atoms with van der Waals surface area (Å²) in [7, 11) is 2.75. The smallest absolute Gasteiger partial charge is 0.416 e. The number of hydrogen-bond acceptors (Lipinski definition) is 7. The second kappa shape index (κ2) is 12.8. The number of amides is 2. The molecule has 10 nitrogen and oxygen atoms in total. The predicted molar refractivity (Wildman–Crippen MR) is 169 cm³/mol. The quantitative estimate of drug-likeness (QED) is 0.219. The van der Waals surface area contributed by atoms with Crippen molar-refractivity contribution in [1.82, 2.24) is 19.2 Å². The molecule has 2 aliphatic heterocycles. The normalized spacial score (nSPS) is 16.2. The molecule has 4 aromatic rings. The number of aromatic nitrogens is 2. The van der Waals surface area contributed by atoms with Crippen LogP contribution < -0.4 is 14.2 Å². The minimum atomic E-state index is -4.59. The van der Waals surface area contributed by atoms with Crippen molar-refractivity contribution in [2.24, 2.45) is 0 Å². The third kappa shape index (κ3) is 6.81. The molecule has 2 aromatic carbocycles. The van der Waals surface area contributed by atoms with Gasteiger partial charge in [-0.15, -0.1) is 0 Å². The molecule has 0 radical (unpaired) electrons. The summed E-state index contributed by atoms with van der Waals surface area (Å²) < 4.78 is 80.1. The van der Waals surface area contributed by atoms with E-state index in [1.165, 1.54) is 35.8 Å². The zero-order valence-electron chi connectivity index (χ0n) is 27.7. The first-order valence-electron chi connectivity index (χ1n) is 15.7. The third-order valence-electron chi connectivity index (χ3n) is 8.55. The monoisotopic (exact) mass is 684 g/mol. The molecular formula is C35H36F4N4O6. The van der Waals surface area contributed by atoms with Gasteiger partial charge in [0.05, 0.1) is 31.2 Å². The van der Waals surface area contributed by atoms with Gasteiger partial charge >= 0.3 is 12.3 Å². The average molecular weight is 685 g/mol. The van der Waals surface area contributed by atoms with Gasteiger partial charge in [-0.25, -0.2) is 14.2 Å². The Kier molecular flexibility index (Phi) is 8.84. The lowest BCUT2D eigenvalue weighted by atomic mass is 9.94. The summed E-state index contributed by atoms with van der Waals surface area (Å²) in [4.78, 5) is 34.1. The van der Waals surface area contributed by atoms with Crippen molar-refractivity contribution in [3.8, 4) is 17.2 Å². The van der Waals surface area contributed by atoms with Gasteiger partial charge in [-0.2, -0.15) is 13.2 Å². The van der Waals surface area contributed by atoms with E-state index >= 15 is 4.39 Å². The lowest BCUT2D eigenvalue weighted by Gasteiger charge is -2.36. The van der Waals surface area contributed by atoms with Crippen molar-refractivity contribution < 1.29 is 46.1 Å². The molecule has 4 heterocycles. The van der Waals surface area contributed by atoms with E-state index in [1.807, 2.05) is 6.07 Å². The van der Waals surface area contributed by atoms with Gasteiger partial charge < -0.3 is 33.1 Å². The first kappa shape index (κ1) is 33.9. The van der Waals surface area contributed by atoms with Gasteiger partial charge in [-0.05, 0) is 68.7 Å². The van der Waals surface area contributed by atoms with E-state index in [0.717, 1.165) is 29.3 Å². The zero-order chi connectivity index (χ0) is 35.2. The number of ether oxygens (including phenoxy) is 4. The number of carbonyl (C=O) groups excluding carboxylic acids is 2. The third-order valence-corrected chi connectivity index (χ3v) is 8.55. The van der Waals surface area contributed by atoms with Crippen molar-refractivity contribution in [3.05, 3.63) is 88.1 Å². The summed E-state index contributed by atoms with van der Waals surface area (Å²) >= 11 is 0. The molecule has 1 atom stereocenters. The molecule has 2 aliphatic rings. The minimum Gasteiger partial charge on any atom is -0.493 e. The summed E-state index contributed by atoms with van der Waals surface area (Å²) in [5.41, 5.74) is 1.25. The van der Waals surface area contributed by atoms with Crippen molar-refractivity contribution in [3.63, 3.8) is 0 Å². The van der Waals surface area contributed by atoms with E-state index in [-0.39, 0.29) is 35.7 Å². The van der Waals surface area contributed by atoms with Crippen LogP contribution in [-0.4, -0.2) is 70.7 Å². The van der Waals surface area contributed by atoms with Crippen LogP contribution >= 0.6 is 0 Å². The predicted octanol–water partition coefficient (Wildman–Crippen LogP) is 6.36. The fourth-order valence-corrected chi connectivity index (χ4v) is 6.26. The van der Waals surface area contributed by atoms with Crippen LogP contribution in [0.5, 0.6) is 17.2 Å². The highest BCUT2D eigenvalue weighted by atomic mass is 19.4. The number of imidazole rings is 1. The molecular weight excluding hydrogens is 648 g/mol. The largest absolute Gasteiger partial charge is 0.493 e. The lowest BCUT2D eigenvalue weighted by Crippen LogP contribution is -2.43. The Morgan fingerprint density at radius 2 is 1.67 bits per heavy atom. The number of halogens is 4. The average Bonchev–Trinajstić information content (AvgIpc) is 3.43. The van der Waals surface area contributed by atoms with Gasteiger partial charge in [-0.1, -0.05) is 6.07 Å². The summed E-state index contributed by atoms with van der Waals surface area (Å²) in [6.45, 7) is 5.92. The Morgan fingerprint density at radius 3 is 2.37 bits per heavy atom. The summed E-state index contributed by atoms with van der Waals surface area (Å²) in [6.07, 6.45) is -2.93. The maximum atomic E-state index is 15.9. The van der Waals surface area contributed by atoms with Gasteiger partial charge in [0.25, 0.3) is 5.91 Å². The number of hydrogen-bond donors (Lipinski definition) is 0. The molecule has 0 spiro atoms. The Labute approximate surface area is 280 Å². The zero-order valence-corrected chi connectivity index (χ0v) is 27.7. The van der Waals surface area contributed by atoms with Crippen molar-refractivity contribution >= 4 is 17.6 Å². The van der Waals surface area contributed by atoms with Gasteiger partial charge in [0.1, 0.15) is 28.9 Å². The van der Waals surface area contributed by atoms with Crippen molar-refractivity contribution in [2.45, 2.75) is 58.0 Å². The van der Waals surface area contributed by atoms with Crippen molar-refractivity contribution in [1.29, 1.82) is 0 Å². The van der Waals surface area contributed by atoms with E-state index in [1.54, 1.807) is 37.8 Å². The molecule has 0 N–H and O–H groups in total. The Morgan fingerprint density at radius 1 is 0.939 bits per heavy atom. The Bertz CT molecular complexity index is 1920. The molecule has 1 unspecified atom stereocenters. The van der Waals surface area contributed by atoms with Crippen LogP contribution in [0.25, 0.3) is 5.65 Å². The molecule has 6 rings (SSSR count). The number of rotatable bonds is 6. The van der Waals surface area contributed by atoms with Gasteiger partial charge in [0.2, 0.25) is 0 Å². The maximum Gasteiger partial charge on any atom is 0.416 e. The molecule has 0 saturated heterocycles. The second-order valence-electron chi connectivity index (χ2n) is 12.9. The van der Waals surface area contributed by atoms with Crippen molar-refractivity contribution in [2.75, 3.05) is 33.9 Å². The van der Waals surface area contributed by atoms with Crippen LogP contribution in [0.4, 0.5) is 22.4 Å². The molecule has 2 aromatic heterocycles. The SMILES string of the molecule is COc1cc(F)c(C2c3c(nc4cc(C(F)(F)F)ccn34)CCN2C(=O)COc2ccc3c(c2)CN(C(=O)OC(C)(C)C)CC3)cc1OC. The van der Waals surface area contributed by atoms with Gasteiger partial charge in [-0.3, -0.25) is 4.79 Å². The van der Waals surface area contributed by atoms with Crippen LogP contribution in [0, 0.1) is 5.82 Å². The molecule has 0 fully saturated rings. The van der Waals surface area contributed by atoms with Gasteiger partial charge in [0.15, 0.2) is 18.1 Å². The van der Waals surface area contributed by atoms with Crippen LogP contribution in [-0.2, 0) is 35.1 Å². The molecule has 14 heteroatoms. The van der Waals surface area contributed by atoms with Crippen LogP contribution in [0.3, 0.4) is 0 Å². The van der Waals surface area contributed by atoms with E-state index in [0.29, 0.717) is 36.6 Å². The molecule has 0 aliphatic carbocycles.